The third kappa shape index (κ3) is 2.75. The summed E-state index contributed by atoms with van der Waals surface area (Å²) in [7, 11) is 0. The molecule has 0 bridgehead atoms. The largest absolute Gasteiger partial charge is 0.375 e. The van der Waals surface area contributed by atoms with Crippen molar-refractivity contribution in [3.63, 3.8) is 0 Å². The van der Waals surface area contributed by atoms with Crippen LogP contribution in [0.4, 0.5) is 5.69 Å². The van der Waals surface area contributed by atoms with Gasteiger partial charge in [0.25, 0.3) is 5.91 Å². The smallest absolute Gasteiger partial charge is 0.264 e. The van der Waals surface area contributed by atoms with Crippen molar-refractivity contribution in [2.24, 2.45) is 5.92 Å². The summed E-state index contributed by atoms with van der Waals surface area (Å²) in [6.45, 7) is 4.54. The van der Waals surface area contributed by atoms with Crippen LogP contribution >= 0.6 is 0 Å². The van der Waals surface area contributed by atoms with E-state index in [9.17, 15) is 14.7 Å². The van der Waals surface area contributed by atoms with Gasteiger partial charge in [0.2, 0.25) is 0 Å². The zero-order valence-electron chi connectivity index (χ0n) is 15.4. The van der Waals surface area contributed by atoms with E-state index in [1.807, 2.05) is 50.2 Å². The molecule has 5 heteroatoms. The van der Waals surface area contributed by atoms with Gasteiger partial charge in [-0.15, -0.1) is 0 Å². The van der Waals surface area contributed by atoms with Gasteiger partial charge in [-0.2, -0.15) is 0 Å². The molecule has 1 atom stereocenters. The molecular weight excluding hydrogens is 340 g/mol. The van der Waals surface area contributed by atoms with E-state index < -0.39 is 11.5 Å². The number of anilines is 1. The minimum Gasteiger partial charge on any atom is -0.375 e. The Labute approximate surface area is 157 Å². The van der Waals surface area contributed by atoms with E-state index in [1.165, 1.54) is 0 Å². The molecular formula is C22H22N2O3. The van der Waals surface area contributed by atoms with E-state index in [1.54, 1.807) is 23.2 Å². The number of ketones is 1. The van der Waals surface area contributed by atoms with Gasteiger partial charge in [0.1, 0.15) is 0 Å². The van der Waals surface area contributed by atoms with Crippen LogP contribution in [0.1, 0.15) is 36.2 Å². The lowest BCUT2D eigenvalue weighted by Gasteiger charge is -2.23. The molecule has 0 saturated heterocycles. The highest BCUT2D eigenvalue weighted by Crippen LogP contribution is 2.43. The predicted molar refractivity (Wildman–Crippen MR) is 105 cm³/mol. The van der Waals surface area contributed by atoms with E-state index in [-0.39, 0.29) is 18.1 Å². The number of amides is 1. The van der Waals surface area contributed by atoms with E-state index in [4.69, 9.17) is 0 Å². The standard InChI is InChI=1S/C22H22N2O3/c1-14(2)13-24-19-10-6-4-8-17(19)22(27,21(24)26)11-20(25)16-12-23-18-9-5-3-7-15(16)18/h3-10,12,14,23,27H,11,13H2,1-2H3. The van der Waals surface area contributed by atoms with E-state index in [0.29, 0.717) is 23.4 Å². The fourth-order valence-corrected chi connectivity index (χ4v) is 3.85. The lowest BCUT2D eigenvalue weighted by molar-refractivity contribution is -0.136. The first-order valence-electron chi connectivity index (χ1n) is 9.15. The highest BCUT2D eigenvalue weighted by atomic mass is 16.3. The molecule has 1 aliphatic heterocycles. The number of hydrogen-bond acceptors (Lipinski definition) is 3. The lowest BCUT2D eigenvalue weighted by atomic mass is 9.88. The maximum Gasteiger partial charge on any atom is 0.264 e. The zero-order chi connectivity index (χ0) is 19.2. The quantitative estimate of drug-likeness (QED) is 0.681. The normalized spacial score (nSPS) is 19.1. The van der Waals surface area contributed by atoms with E-state index >= 15 is 0 Å². The lowest BCUT2D eigenvalue weighted by Crippen LogP contribution is -2.43. The number of para-hydroxylation sites is 2. The van der Waals surface area contributed by atoms with Crippen molar-refractivity contribution in [1.82, 2.24) is 4.98 Å². The van der Waals surface area contributed by atoms with Crippen LogP contribution in [-0.4, -0.2) is 28.3 Å². The second kappa shape index (κ2) is 6.35. The number of fused-ring (bicyclic) bond motifs is 2. The number of Topliss-reactive ketones (excluding diaryl/α,β-unsaturated/α-hetero) is 1. The summed E-state index contributed by atoms with van der Waals surface area (Å²) >= 11 is 0. The molecule has 0 aliphatic carbocycles. The highest BCUT2D eigenvalue weighted by Gasteiger charge is 2.50. The van der Waals surface area contributed by atoms with Gasteiger partial charge >= 0.3 is 0 Å². The average molecular weight is 362 g/mol. The molecule has 27 heavy (non-hydrogen) atoms. The van der Waals surface area contributed by atoms with Crippen LogP contribution in [0, 0.1) is 5.92 Å². The number of nitrogens with one attached hydrogen (secondary N) is 1. The second-order valence-corrected chi connectivity index (χ2v) is 7.53. The van der Waals surface area contributed by atoms with E-state index in [2.05, 4.69) is 4.98 Å². The predicted octanol–water partition coefficient (Wildman–Crippen LogP) is 3.63. The van der Waals surface area contributed by atoms with Crippen LogP contribution in [-0.2, 0) is 10.4 Å². The molecule has 4 rings (SSSR count). The minimum atomic E-state index is -1.83. The number of carbonyl (C=O) groups excluding carboxylic acids is 2. The molecule has 0 fully saturated rings. The van der Waals surface area contributed by atoms with Crippen molar-refractivity contribution in [2.45, 2.75) is 25.9 Å². The zero-order valence-corrected chi connectivity index (χ0v) is 15.4. The molecule has 0 saturated carbocycles. The molecule has 2 heterocycles. The van der Waals surface area contributed by atoms with Gasteiger partial charge < -0.3 is 15.0 Å². The van der Waals surface area contributed by atoms with Crippen LogP contribution < -0.4 is 4.90 Å². The number of aromatic nitrogens is 1. The first kappa shape index (κ1) is 17.5. The Balaban J connectivity index is 1.72. The van der Waals surface area contributed by atoms with Gasteiger partial charge in [-0.3, -0.25) is 9.59 Å². The molecule has 1 aliphatic rings. The Kier molecular flexibility index (Phi) is 4.12. The number of rotatable bonds is 5. The number of benzene rings is 2. The first-order valence-corrected chi connectivity index (χ1v) is 9.15. The first-order chi connectivity index (χ1) is 12.9. The maximum absolute atomic E-state index is 13.1. The molecule has 138 valence electrons. The number of carbonyl (C=O) groups is 2. The number of H-pyrrole nitrogens is 1. The molecule has 1 unspecified atom stereocenters. The molecule has 5 nitrogen and oxygen atoms in total. The summed E-state index contributed by atoms with van der Waals surface area (Å²) in [6, 6.07) is 14.7. The Morgan fingerprint density at radius 1 is 1.15 bits per heavy atom. The molecule has 2 aromatic carbocycles. The van der Waals surface area contributed by atoms with Crippen LogP contribution in [0.5, 0.6) is 0 Å². The van der Waals surface area contributed by atoms with Crippen molar-refractivity contribution in [3.05, 3.63) is 65.9 Å². The monoisotopic (exact) mass is 362 g/mol. The van der Waals surface area contributed by atoms with Crippen LogP contribution in [0.3, 0.4) is 0 Å². The van der Waals surface area contributed by atoms with Crippen molar-refractivity contribution in [1.29, 1.82) is 0 Å². The Morgan fingerprint density at radius 2 is 1.85 bits per heavy atom. The topological polar surface area (TPSA) is 73.4 Å². The summed E-state index contributed by atoms with van der Waals surface area (Å²) < 4.78 is 0. The highest BCUT2D eigenvalue weighted by molar-refractivity contribution is 6.13. The molecule has 1 aromatic heterocycles. The number of aliphatic hydroxyl groups is 1. The van der Waals surface area contributed by atoms with Crippen LogP contribution in [0.2, 0.25) is 0 Å². The summed E-state index contributed by atoms with van der Waals surface area (Å²) in [6.07, 6.45) is 1.37. The maximum atomic E-state index is 13.1. The number of nitrogens with zero attached hydrogens (tertiary/aromatic N) is 1. The van der Waals surface area contributed by atoms with Gasteiger partial charge in [-0.05, 0) is 18.1 Å². The average Bonchev–Trinajstić information content (AvgIpc) is 3.16. The molecule has 0 radical (unpaired) electrons. The van der Waals surface area contributed by atoms with E-state index in [0.717, 1.165) is 10.9 Å². The minimum absolute atomic E-state index is 0.244. The Bertz CT molecular complexity index is 1040. The summed E-state index contributed by atoms with van der Waals surface area (Å²) in [5.41, 5.74) is 0.703. The van der Waals surface area contributed by atoms with Crippen molar-refractivity contribution in [2.75, 3.05) is 11.4 Å². The van der Waals surface area contributed by atoms with Gasteiger partial charge in [-0.25, -0.2) is 0 Å². The van der Waals surface area contributed by atoms with Crippen molar-refractivity contribution >= 4 is 28.3 Å². The molecule has 2 N–H and O–H groups in total. The third-order valence-electron chi connectivity index (χ3n) is 5.09. The van der Waals surface area contributed by atoms with Crippen molar-refractivity contribution in [3.8, 4) is 0 Å². The van der Waals surface area contributed by atoms with Gasteiger partial charge in [-0.1, -0.05) is 50.2 Å². The molecule has 0 spiro atoms. The fourth-order valence-electron chi connectivity index (χ4n) is 3.85. The van der Waals surface area contributed by atoms with Gasteiger partial charge in [0.15, 0.2) is 11.4 Å². The van der Waals surface area contributed by atoms with Crippen LogP contribution in [0.15, 0.2) is 54.7 Å². The number of aromatic amines is 1. The van der Waals surface area contributed by atoms with Gasteiger partial charge in [0.05, 0.1) is 12.1 Å². The summed E-state index contributed by atoms with van der Waals surface area (Å²) in [5.74, 6) is -0.441. The third-order valence-corrected chi connectivity index (χ3v) is 5.09. The number of hydrogen-bond donors (Lipinski definition) is 2. The second-order valence-electron chi connectivity index (χ2n) is 7.53. The SMILES string of the molecule is CC(C)CN1C(=O)C(O)(CC(=O)c2c[nH]c3ccccc23)c2ccccc21. The summed E-state index contributed by atoms with van der Waals surface area (Å²) in [5, 5.41) is 12.1. The Morgan fingerprint density at radius 3 is 2.63 bits per heavy atom. The van der Waals surface area contributed by atoms with Crippen molar-refractivity contribution < 1.29 is 14.7 Å². The fraction of sp³-hybridized carbons (Fsp3) is 0.273. The Hall–Kier alpha value is -2.92. The van der Waals surface area contributed by atoms with Gasteiger partial charge in [0, 0.05) is 34.8 Å². The summed E-state index contributed by atoms with van der Waals surface area (Å²) in [4.78, 5) is 30.8. The molecule has 3 aromatic rings. The van der Waals surface area contributed by atoms with Crippen LogP contribution in [0.25, 0.3) is 10.9 Å². The molecule has 1 amide bonds.